The summed E-state index contributed by atoms with van der Waals surface area (Å²) in [5.74, 6) is -0.854. The van der Waals surface area contributed by atoms with Gasteiger partial charge in [-0.15, -0.1) is 0 Å². The van der Waals surface area contributed by atoms with E-state index < -0.39 is 5.82 Å². The predicted octanol–water partition coefficient (Wildman–Crippen LogP) is 3.98. The minimum absolute atomic E-state index is 0.0488. The van der Waals surface area contributed by atoms with Gasteiger partial charge in [0.1, 0.15) is 18.0 Å². The summed E-state index contributed by atoms with van der Waals surface area (Å²) in [6, 6.07) is 13.7. The lowest BCUT2D eigenvalue weighted by Gasteiger charge is -2.30. The van der Waals surface area contributed by atoms with Gasteiger partial charge in [0.05, 0.1) is 11.8 Å². The quantitative estimate of drug-likeness (QED) is 0.627. The Morgan fingerprint density at radius 1 is 1.03 bits per heavy atom. The van der Waals surface area contributed by atoms with Gasteiger partial charge in [-0.3, -0.25) is 14.5 Å². The van der Waals surface area contributed by atoms with Crippen LogP contribution in [-0.2, 0) is 4.79 Å². The molecule has 1 aliphatic rings. The molecule has 0 radical (unpaired) electrons. The van der Waals surface area contributed by atoms with Crippen molar-refractivity contribution < 1.29 is 14.0 Å². The first kappa shape index (κ1) is 20.8. The first-order chi connectivity index (χ1) is 15.0. The molecule has 1 aromatic heterocycles. The number of rotatable bonds is 5. The Hall–Kier alpha value is -3.48. The standard InChI is InChI=1S/C24H25FN4O2/c1-18-9-11-20(12-10-18)28(17-23(30)27-13-5-2-6-14-27)24(31)19-15-26-29(16-19)22-8-4-3-7-21(22)25/h3-4,7-12,15-16H,2,5-6,13-14,17H2,1H3. The van der Waals surface area contributed by atoms with E-state index in [0.717, 1.165) is 37.9 Å². The Balaban J connectivity index is 1.61. The zero-order chi connectivity index (χ0) is 21.8. The van der Waals surface area contributed by atoms with Crippen LogP contribution in [0, 0.1) is 12.7 Å². The first-order valence-electron chi connectivity index (χ1n) is 10.5. The molecule has 6 nitrogen and oxygen atoms in total. The smallest absolute Gasteiger partial charge is 0.261 e. The summed E-state index contributed by atoms with van der Waals surface area (Å²) in [7, 11) is 0. The minimum Gasteiger partial charge on any atom is -0.341 e. The number of nitrogens with zero attached hydrogens (tertiary/aromatic N) is 4. The van der Waals surface area contributed by atoms with Gasteiger partial charge >= 0.3 is 0 Å². The van der Waals surface area contributed by atoms with Gasteiger partial charge in [0, 0.05) is 25.0 Å². The number of carbonyl (C=O) groups excluding carboxylic acids is 2. The lowest BCUT2D eigenvalue weighted by Crippen LogP contribution is -2.44. The van der Waals surface area contributed by atoms with Gasteiger partial charge in [-0.05, 0) is 50.5 Å². The van der Waals surface area contributed by atoms with Crippen LogP contribution in [0.15, 0.2) is 60.9 Å². The summed E-state index contributed by atoms with van der Waals surface area (Å²) in [5, 5.41) is 4.16. The second kappa shape index (κ2) is 9.12. The average molecular weight is 420 g/mol. The second-order valence-corrected chi connectivity index (χ2v) is 7.79. The van der Waals surface area contributed by atoms with Gasteiger partial charge in [0.25, 0.3) is 5.91 Å². The number of halogens is 1. The molecule has 0 unspecified atom stereocenters. The van der Waals surface area contributed by atoms with Crippen LogP contribution in [-0.4, -0.2) is 46.1 Å². The summed E-state index contributed by atoms with van der Waals surface area (Å²) < 4.78 is 15.5. The van der Waals surface area contributed by atoms with Gasteiger partial charge in [-0.2, -0.15) is 5.10 Å². The monoisotopic (exact) mass is 420 g/mol. The van der Waals surface area contributed by atoms with Gasteiger partial charge in [0.2, 0.25) is 5.91 Å². The van der Waals surface area contributed by atoms with Crippen LogP contribution in [0.4, 0.5) is 10.1 Å². The molecule has 1 aliphatic heterocycles. The van der Waals surface area contributed by atoms with Crippen molar-refractivity contribution in [3.05, 3.63) is 77.9 Å². The number of anilines is 1. The van der Waals surface area contributed by atoms with Gasteiger partial charge < -0.3 is 4.90 Å². The number of aryl methyl sites for hydroxylation is 1. The minimum atomic E-state index is -0.430. The maximum atomic E-state index is 14.1. The van der Waals surface area contributed by atoms with E-state index in [1.165, 1.54) is 28.0 Å². The van der Waals surface area contributed by atoms with Gasteiger partial charge in [0.15, 0.2) is 0 Å². The topological polar surface area (TPSA) is 58.4 Å². The van der Waals surface area contributed by atoms with E-state index in [1.54, 1.807) is 18.2 Å². The summed E-state index contributed by atoms with van der Waals surface area (Å²) in [5.41, 5.74) is 2.24. The third kappa shape index (κ3) is 4.66. The largest absolute Gasteiger partial charge is 0.341 e. The van der Waals surface area contributed by atoms with Crippen LogP contribution in [0.5, 0.6) is 0 Å². The van der Waals surface area contributed by atoms with Gasteiger partial charge in [-0.1, -0.05) is 29.8 Å². The highest BCUT2D eigenvalue weighted by Gasteiger charge is 2.25. The fourth-order valence-electron chi connectivity index (χ4n) is 3.74. The van der Waals surface area contributed by atoms with E-state index in [9.17, 15) is 14.0 Å². The molecule has 3 aromatic rings. The molecule has 2 heterocycles. The van der Waals surface area contributed by atoms with Gasteiger partial charge in [-0.25, -0.2) is 9.07 Å². The fourth-order valence-corrected chi connectivity index (χ4v) is 3.74. The lowest BCUT2D eigenvalue weighted by atomic mass is 10.1. The molecule has 0 spiro atoms. The Morgan fingerprint density at radius 2 is 1.74 bits per heavy atom. The number of amides is 2. The van der Waals surface area contributed by atoms with Crippen molar-refractivity contribution in [1.82, 2.24) is 14.7 Å². The maximum Gasteiger partial charge on any atom is 0.261 e. The van der Waals surface area contributed by atoms with Crippen LogP contribution in [0.2, 0.25) is 0 Å². The number of piperidine rings is 1. The zero-order valence-corrected chi connectivity index (χ0v) is 17.5. The Labute approximate surface area is 180 Å². The van der Waals surface area contributed by atoms with Crippen LogP contribution >= 0.6 is 0 Å². The molecule has 2 amide bonds. The van der Waals surface area contributed by atoms with E-state index in [2.05, 4.69) is 5.10 Å². The molecule has 0 N–H and O–H groups in total. The molecule has 0 saturated carbocycles. The molecule has 0 atom stereocenters. The molecule has 1 saturated heterocycles. The van der Waals surface area contributed by atoms with Crippen molar-refractivity contribution in [2.24, 2.45) is 0 Å². The van der Waals surface area contributed by atoms with Crippen LogP contribution < -0.4 is 4.90 Å². The van der Waals surface area contributed by atoms with E-state index >= 15 is 0 Å². The Bertz CT molecular complexity index is 1070. The molecule has 7 heteroatoms. The molecule has 1 fully saturated rings. The SMILES string of the molecule is Cc1ccc(N(CC(=O)N2CCCCC2)C(=O)c2cnn(-c3ccccc3F)c2)cc1. The highest BCUT2D eigenvalue weighted by molar-refractivity contribution is 6.08. The molecule has 160 valence electrons. The maximum absolute atomic E-state index is 14.1. The number of aromatic nitrogens is 2. The summed E-state index contributed by atoms with van der Waals surface area (Å²) in [6.45, 7) is 3.36. The van der Waals surface area contributed by atoms with Crippen molar-refractivity contribution >= 4 is 17.5 Å². The van der Waals surface area contributed by atoms with Crippen LogP contribution in [0.25, 0.3) is 5.69 Å². The predicted molar refractivity (Wildman–Crippen MR) is 117 cm³/mol. The van der Waals surface area contributed by atoms with E-state index in [0.29, 0.717) is 5.69 Å². The molecular formula is C24H25FN4O2. The number of hydrogen-bond acceptors (Lipinski definition) is 3. The van der Waals surface area contributed by atoms with Crippen molar-refractivity contribution in [2.45, 2.75) is 26.2 Å². The number of hydrogen-bond donors (Lipinski definition) is 0. The number of carbonyl (C=O) groups is 2. The second-order valence-electron chi connectivity index (χ2n) is 7.79. The normalized spacial score (nSPS) is 13.8. The van der Waals surface area contributed by atoms with Crippen molar-refractivity contribution in [3.8, 4) is 5.69 Å². The molecule has 31 heavy (non-hydrogen) atoms. The lowest BCUT2D eigenvalue weighted by molar-refractivity contribution is -0.130. The van der Waals surface area contributed by atoms with Crippen molar-refractivity contribution in [2.75, 3.05) is 24.5 Å². The third-order valence-electron chi connectivity index (χ3n) is 5.52. The summed E-state index contributed by atoms with van der Waals surface area (Å²) >= 11 is 0. The van der Waals surface area contributed by atoms with Crippen molar-refractivity contribution in [3.63, 3.8) is 0 Å². The summed E-state index contributed by atoms with van der Waals surface area (Å²) in [6.07, 6.45) is 5.99. The van der Waals surface area contributed by atoms with E-state index in [1.807, 2.05) is 36.1 Å². The summed E-state index contributed by atoms with van der Waals surface area (Å²) in [4.78, 5) is 29.6. The zero-order valence-electron chi connectivity index (χ0n) is 17.5. The molecule has 2 aromatic carbocycles. The molecule has 4 rings (SSSR count). The van der Waals surface area contributed by atoms with Crippen LogP contribution in [0.1, 0.15) is 35.2 Å². The highest BCUT2D eigenvalue weighted by Crippen LogP contribution is 2.20. The Kier molecular flexibility index (Phi) is 6.11. The number of benzene rings is 2. The molecule has 0 bridgehead atoms. The van der Waals surface area contributed by atoms with Crippen molar-refractivity contribution in [1.29, 1.82) is 0 Å². The van der Waals surface area contributed by atoms with E-state index in [4.69, 9.17) is 0 Å². The number of para-hydroxylation sites is 1. The fraction of sp³-hybridized carbons (Fsp3) is 0.292. The van der Waals surface area contributed by atoms with Crippen LogP contribution in [0.3, 0.4) is 0 Å². The third-order valence-corrected chi connectivity index (χ3v) is 5.52. The number of likely N-dealkylation sites (tertiary alicyclic amines) is 1. The Morgan fingerprint density at radius 3 is 2.45 bits per heavy atom. The highest BCUT2D eigenvalue weighted by atomic mass is 19.1. The molecule has 0 aliphatic carbocycles. The average Bonchev–Trinajstić information content (AvgIpc) is 3.28. The molecular weight excluding hydrogens is 395 g/mol. The van der Waals surface area contributed by atoms with E-state index in [-0.39, 0.29) is 29.6 Å². The first-order valence-corrected chi connectivity index (χ1v) is 10.5.